The van der Waals surface area contributed by atoms with E-state index in [1.165, 1.54) is 4.90 Å². The van der Waals surface area contributed by atoms with Gasteiger partial charge in [0.25, 0.3) is 0 Å². The summed E-state index contributed by atoms with van der Waals surface area (Å²) in [5.74, 6) is -0.581. The second kappa shape index (κ2) is 10.3. The van der Waals surface area contributed by atoms with Crippen LogP contribution >= 0.6 is 23.7 Å². The van der Waals surface area contributed by atoms with Crippen LogP contribution in [-0.4, -0.2) is 51.5 Å². The lowest BCUT2D eigenvalue weighted by Gasteiger charge is -2.32. The van der Waals surface area contributed by atoms with Crippen molar-refractivity contribution in [1.29, 1.82) is 0 Å². The lowest BCUT2D eigenvalue weighted by atomic mass is 9.86. The third-order valence-electron chi connectivity index (χ3n) is 5.84. The number of aromatic nitrogens is 1. The predicted molar refractivity (Wildman–Crippen MR) is 130 cm³/mol. The zero-order chi connectivity index (χ0) is 22.9. The maximum atomic E-state index is 13.0. The summed E-state index contributed by atoms with van der Waals surface area (Å²) in [5.41, 5.74) is 10.6. The lowest BCUT2D eigenvalue weighted by molar-refractivity contribution is -0.141. The van der Waals surface area contributed by atoms with Gasteiger partial charge in [0.1, 0.15) is 6.04 Å². The van der Waals surface area contributed by atoms with E-state index < -0.39 is 23.6 Å². The number of hydrogen-bond donors (Lipinski definition) is 3. The molecule has 176 valence electrons. The molecule has 2 aromatic rings. The molecule has 2 heterocycles. The number of β-amino-alcohol motifs (C(OH)–C–C–N with tert-alkyl or cyclic N) is 1. The number of amides is 2. The number of nitrogens with two attached hydrogens (primary N) is 1. The third kappa shape index (κ3) is 5.67. The van der Waals surface area contributed by atoms with Gasteiger partial charge in [0.15, 0.2) is 0 Å². The quantitative estimate of drug-likeness (QED) is 0.609. The van der Waals surface area contributed by atoms with Gasteiger partial charge in [-0.3, -0.25) is 9.59 Å². The molecular formula is C23H33ClN4O3S. The van der Waals surface area contributed by atoms with Crippen molar-refractivity contribution in [3.05, 3.63) is 41.0 Å². The van der Waals surface area contributed by atoms with Crippen molar-refractivity contribution in [1.82, 2.24) is 15.2 Å². The van der Waals surface area contributed by atoms with E-state index in [0.29, 0.717) is 0 Å². The summed E-state index contributed by atoms with van der Waals surface area (Å²) in [7, 11) is 0. The number of halogens is 1. The van der Waals surface area contributed by atoms with Gasteiger partial charge < -0.3 is 21.1 Å². The number of aliphatic hydroxyl groups excluding tert-OH is 1. The van der Waals surface area contributed by atoms with Crippen molar-refractivity contribution in [2.45, 2.75) is 65.3 Å². The molecule has 4 atom stereocenters. The Balaban J connectivity index is 0.00000363. The summed E-state index contributed by atoms with van der Waals surface area (Å²) in [4.78, 5) is 32.7. The van der Waals surface area contributed by atoms with Crippen molar-refractivity contribution < 1.29 is 14.7 Å². The molecule has 1 saturated heterocycles. The Morgan fingerprint density at radius 2 is 1.91 bits per heavy atom. The fourth-order valence-electron chi connectivity index (χ4n) is 3.75. The van der Waals surface area contributed by atoms with Crippen LogP contribution in [-0.2, 0) is 9.59 Å². The van der Waals surface area contributed by atoms with E-state index in [4.69, 9.17) is 5.73 Å². The topological polar surface area (TPSA) is 109 Å². The molecule has 1 fully saturated rings. The predicted octanol–water partition coefficient (Wildman–Crippen LogP) is 3.05. The number of nitrogens with zero attached hydrogens (tertiary/aromatic N) is 2. The highest BCUT2D eigenvalue weighted by atomic mass is 35.5. The van der Waals surface area contributed by atoms with E-state index in [9.17, 15) is 14.7 Å². The van der Waals surface area contributed by atoms with Crippen LogP contribution in [0.1, 0.15) is 51.4 Å². The molecule has 1 aromatic carbocycles. The van der Waals surface area contributed by atoms with Gasteiger partial charge in [0, 0.05) is 13.0 Å². The first-order chi connectivity index (χ1) is 14.5. The Hall–Kier alpha value is -2.00. The molecule has 0 radical (unpaired) electrons. The number of nitrogens with one attached hydrogen (secondary N) is 1. The van der Waals surface area contributed by atoms with Gasteiger partial charge in [0.2, 0.25) is 11.8 Å². The van der Waals surface area contributed by atoms with Crippen molar-refractivity contribution in [2.24, 2.45) is 11.1 Å². The average molecular weight is 481 g/mol. The SMILES string of the molecule is Cc1ncsc1-c1ccc([C@H](C)NC(=O)[C@@H]2C[C@@H](O)CN2C(=O)[C@@H](N)C(C)(C)C)cc1.Cl. The van der Waals surface area contributed by atoms with Crippen molar-refractivity contribution in [2.75, 3.05) is 6.54 Å². The molecule has 0 spiro atoms. The first-order valence-electron chi connectivity index (χ1n) is 10.5. The van der Waals surface area contributed by atoms with Crippen LogP contribution in [0.15, 0.2) is 29.8 Å². The second-order valence-electron chi connectivity index (χ2n) is 9.36. The number of aliphatic hydroxyl groups is 1. The molecule has 0 aliphatic carbocycles. The summed E-state index contributed by atoms with van der Waals surface area (Å²) < 4.78 is 0. The Morgan fingerprint density at radius 1 is 1.28 bits per heavy atom. The van der Waals surface area contributed by atoms with E-state index in [1.807, 2.05) is 64.4 Å². The molecule has 0 bridgehead atoms. The molecule has 1 aromatic heterocycles. The summed E-state index contributed by atoms with van der Waals surface area (Å²) in [6, 6.07) is 6.32. The number of carbonyl (C=O) groups is 2. The second-order valence-corrected chi connectivity index (χ2v) is 10.2. The van der Waals surface area contributed by atoms with Gasteiger partial charge in [-0.2, -0.15) is 0 Å². The van der Waals surface area contributed by atoms with Gasteiger partial charge in [-0.1, -0.05) is 45.0 Å². The van der Waals surface area contributed by atoms with Gasteiger partial charge in [-0.15, -0.1) is 23.7 Å². The first kappa shape index (κ1) is 26.3. The highest BCUT2D eigenvalue weighted by Crippen LogP contribution is 2.29. The summed E-state index contributed by atoms with van der Waals surface area (Å²) in [6.45, 7) is 9.67. The van der Waals surface area contributed by atoms with Crippen molar-refractivity contribution in [3.8, 4) is 10.4 Å². The Bertz CT molecular complexity index is 941. The molecule has 3 rings (SSSR count). The smallest absolute Gasteiger partial charge is 0.243 e. The van der Waals surface area contributed by atoms with E-state index >= 15 is 0 Å². The largest absolute Gasteiger partial charge is 0.391 e. The average Bonchev–Trinajstić information content (AvgIpc) is 3.31. The van der Waals surface area contributed by atoms with Crippen LogP contribution in [0.25, 0.3) is 10.4 Å². The lowest BCUT2D eigenvalue weighted by Crippen LogP contribution is -2.55. The first-order valence-corrected chi connectivity index (χ1v) is 11.4. The molecule has 9 heteroatoms. The standard InChI is InChI=1S/C23H32N4O3S.ClH/c1-13(15-6-8-16(9-7-15)19-14(2)25-12-31-19)26-21(29)18-10-17(28)11-27(18)22(30)20(24)23(3,4)5;/h6-9,12-13,17-18,20,28H,10-11,24H2,1-5H3,(H,26,29);1H/t13-,17+,18-,20+;/m0./s1. The Kier molecular flexibility index (Phi) is 8.44. The normalized spacial score (nSPS) is 20.4. The van der Waals surface area contributed by atoms with Crippen LogP contribution in [0.2, 0.25) is 0 Å². The van der Waals surface area contributed by atoms with Crippen molar-refractivity contribution in [3.63, 3.8) is 0 Å². The maximum absolute atomic E-state index is 13.0. The molecular weight excluding hydrogens is 448 g/mol. The number of benzene rings is 1. The van der Waals surface area contributed by atoms with Crippen LogP contribution in [0.3, 0.4) is 0 Å². The number of aryl methyl sites for hydroxylation is 1. The Labute approximate surface area is 199 Å². The monoisotopic (exact) mass is 480 g/mol. The zero-order valence-electron chi connectivity index (χ0n) is 19.2. The molecule has 4 N–H and O–H groups in total. The van der Waals surface area contributed by atoms with E-state index in [1.54, 1.807) is 11.3 Å². The molecule has 1 aliphatic rings. The molecule has 32 heavy (non-hydrogen) atoms. The number of carbonyl (C=O) groups excluding carboxylic acids is 2. The number of likely N-dealkylation sites (tertiary alicyclic amines) is 1. The molecule has 0 unspecified atom stereocenters. The summed E-state index contributed by atoms with van der Waals surface area (Å²) in [5, 5.41) is 13.1. The highest BCUT2D eigenvalue weighted by molar-refractivity contribution is 7.13. The summed E-state index contributed by atoms with van der Waals surface area (Å²) in [6.07, 6.45) is -0.519. The number of rotatable bonds is 5. The number of hydrogen-bond acceptors (Lipinski definition) is 6. The molecule has 2 amide bonds. The molecule has 7 nitrogen and oxygen atoms in total. The van der Waals surface area contributed by atoms with Gasteiger partial charge >= 0.3 is 0 Å². The zero-order valence-corrected chi connectivity index (χ0v) is 20.8. The van der Waals surface area contributed by atoms with E-state index in [0.717, 1.165) is 21.7 Å². The minimum Gasteiger partial charge on any atom is -0.391 e. The van der Waals surface area contributed by atoms with Crippen LogP contribution in [0.5, 0.6) is 0 Å². The van der Waals surface area contributed by atoms with E-state index in [-0.39, 0.29) is 43.2 Å². The van der Waals surface area contributed by atoms with Gasteiger partial charge in [-0.05, 0) is 30.4 Å². The van der Waals surface area contributed by atoms with Gasteiger partial charge in [-0.25, -0.2) is 4.98 Å². The highest BCUT2D eigenvalue weighted by Gasteiger charge is 2.42. The number of thiazole rings is 1. The Morgan fingerprint density at radius 3 is 2.44 bits per heavy atom. The summed E-state index contributed by atoms with van der Waals surface area (Å²) >= 11 is 1.60. The third-order valence-corrected chi connectivity index (χ3v) is 6.82. The van der Waals surface area contributed by atoms with Crippen LogP contribution in [0, 0.1) is 12.3 Å². The maximum Gasteiger partial charge on any atom is 0.243 e. The van der Waals surface area contributed by atoms with Crippen molar-refractivity contribution >= 4 is 35.6 Å². The fourth-order valence-corrected chi connectivity index (χ4v) is 4.56. The molecule has 0 saturated carbocycles. The van der Waals surface area contributed by atoms with Gasteiger partial charge in [0.05, 0.1) is 34.3 Å². The van der Waals surface area contributed by atoms with Crippen LogP contribution in [0.4, 0.5) is 0 Å². The fraction of sp³-hybridized carbons (Fsp3) is 0.522. The van der Waals surface area contributed by atoms with E-state index in [2.05, 4.69) is 10.3 Å². The minimum absolute atomic E-state index is 0. The van der Waals surface area contributed by atoms with Crippen LogP contribution < -0.4 is 11.1 Å². The molecule has 1 aliphatic heterocycles. The minimum atomic E-state index is -0.742.